The molecule has 0 bridgehead atoms. The van der Waals surface area contributed by atoms with Crippen molar-refractivity contribution in [1.82, 2.24) is 4.90 Å². The van der Waals surface area contributed by atoms with Crippen molar-refractivity contribution in [2.24, 2.45) is 0 Å². The molecule has 1 spiro atoms. The Hall–Kier alpha value is -2.81. The normalized spacial score (nSPS) is 19.8. The first-order chi connectivity index (χ1) is 15.6. The van der Waals surface area contributed by atoms with Crippen LogP contribution in [0.15, 0.2) is 42.5 Å². The van der Waals surface area contributed by atoms with Crippen molar-refractivity contribution >= 4 is 5.91 Å². The predicted molar refractivity (Wildman–Crippen MR) is 112 cm³/mol. The van der Waals surface area contributed by atoms with E-state index in [-0.39, 0.29) is 23.6 Å². The number of ether oxygens (including phenoxy) is 3. The Bertz CT molecular complexity index is 1020. The van der Waals surface area contributed by atoms with Gasteiger partial charge in [-0.2, -0.15) is 0 Å². The lowest BCUT2D eigenvalue weighted by molar-refractivity contribution is -0.274. The van der Waals surface area contributed by atoms with Gasteiger partial charge in [-0.15, -0.1) is 13.2 Å². The lowest BCUT2D eigenvalue weighted by atomic mass is 9.81. The minimum absolute atomic E-state index is 0.0759. The van der Waals surface area contributed by atoms with Gasteiger partial charge in [-0.05, 0) is 44.2 Å². The molecule has 178 valence electrons. The van der Waals surface area contributed by atoms with Crippen molar-refractivity contribution < 1.29 is 36.6 Å². The molecule has 2 aliphatic heterocycles. The summed E-state index contributed by atoms with van der Waals surface area (Å²) >= 11 is 0. The van der Waals surface area contributed by atoms with E-state index in [1.165, 1.54) is 35.2 Å². The van der Waals surface area contributed by atoms with Crippen LogP contribution < -0.4 is 9.47 Å². The van der Waals surface area contributed by atoms with Gasteiger partial charge in [0.1, 0.15) is 22.9 Å². The average molecular weight is 467 g/mol. The summed E-state index contributed by atoms with van der Waals surface area (Å²) in [6.45, 7) is 4.40. The molecule has 1 fully saturated rings. The summed E-state index contributed by atoms with van der Waals surface area (Å²) in [4.78, 5) is 14.5. The number of nitrogens with zero attached hydrogens (tertiary/aromatic N) is 1. The molecule has 5 nitrogen and oxygen atoms in total. The van der Waals surface area contributed by atoms with E-state index in [4.69, 9.17) is 9.47 Å². The third kappa shape index (κ3) is 5.24. The van der Waals surface area contributed by atoms with Crippen LogP contribution in [-0.4, -0.2) is 42.0 Å². The molecule has 0 saturated carbocycles. The van der Waals surface area contributed by atoms with E-state index in [2.05, 4.69) is 4.74 Å². The smallest absolute Gasteiger partial charge is 0.487 e. The van der Waals surface area contributed by atoms with Gasteiger partial charge in [0.25, 0.3) is 5.91 Å². The summed E-state index contributed by atoms with van der Waals surface area (Å²) in [5.74, 6) is -0.869. The minimum atomic E-state index is -4.89. The lowest BCUT2D eigenvalue weighted by Gasteiger charge is -2.47. The second kappa shape index (κ2) is 8.85. The molecule has 1 atom stereocenters. The van der Waals surface area contributed by atoms with E-state index < -0.39 is 23.6 Å². The molecule has 2 heterocycles. The number of likely N-dealkylation sites (tertiary alicyclic amines) is 1. The van der Waals surface area contributed by atoms with Gasteiger partial charge < -0.3 is 19.1 Å². The molecule has 4 rings (SSSR count). The van der Waals surface area contributed by atoms with E-state index in [1.54, 1.807) is 6.07 Å². The molecular weight excluding hydrogens is 442 g/mol. The van der Waals surface area contributed by atoms with Gasteiger partial charge in [-0.3, -0.25) is 4.79 Å². The van der Waals surface area contributed by atoms with Crippen LogP contribution in [0.2, 0.25) is 0 Å². The maximum Gasteiger partial charge on any atom is 0.573 e. The molecule has 1 saturated heterocycles. The van der Waals surface area contributed by atoms with Crippen LogP contribution in [0.4, 0.5) is 17.6 Å². The third-order valence-electron chi connectivity index (χ3n) is 5.94. The van der Waals surface area contributed by atoms with Crippen LogP contribution in [0, 0.1) is 5.82 Å². The standard InChI is InChI=1S/C24H25F4NO4/c1-15(2)31-21-14-23(32-20-8-7-16(25)13-18(20)21)9-11-29(12-10-23)22(30)17-5-3-4-6-19(17)33-24(26,27)28/h3-8,13,15,21H,9-12,14H2,1-2H3/t21-/m1/s1. The zero-order valence-electron chi connectivity index (χ0n) is 18.3. The highest BCUT2D eigenvalue weighted by molar-refractivity contribution is 5.97. The van der Waals surface area contributed by atoms with E-state index in [9.17, 15) is 22.4 Å². The Labute approximate surface area is 189 Å². The molecule has 0 radical (unpaired) electrons. The van der Waals surface area contributed by atoms with Gasteiger partial charge in [-0.1, -0.05) is 12.1 Å². The number of carbonyl (C=O) groups is 1. The van der Waals surface area contributed by atoms with Crippen molar-refractivity contribution in [3.63, 3.8) is 0 Å². The molecule has 0 N–H and O–H groups in total. The van der Waals surface area contributed by atoms with E-state index >= 15 is 0 Å². The summed E-state index contributed by atoms with van der Waals surface area (Å²) in [6, 6.07) is 9.67. The topological polar surface area (TPSA) is 48.0 Å². The van der Waals surface area contributed by atoms with Crippen molar-refractivity contribution in [3.8, 4) is 11.5 Å². The van der Waals surface area contributed by atoms with E-state index in [0.29, 0.717) is 43.7 Å². The predicted octanol–water partition coefficient (Wildman–Crippen LogP) is 5.65. The fourth-order valence-corrected chi connectivity index (χ4v) is 4.49. The second-order valence-electron chi connectivity index (χ2n) is 8.68. The molecule has 2 aromatic carbocycles. The molecule has 1 amide bonds. The number of piperidine rings is 1. The van der Waals surface area contributed by atoms with Crippen LogP contribution in [0.3, 0.4) is 0 Å². The molecule has 0 unspecified atom stereocenters. The van der Waals surface area contributed by atoms with Crippen LogP contribution in [0.1, 0.15) is 55.1 Å². The number of alkyl halides is 3. The maximum absolute atomic E-state index is 13.8. The van der Waals surface area contributed by atoms with E-state index in [0.717, 1.165) is 6.07 Å². The third-order valence-corrected chi connectivity index (χ3v) is 5.94. The van der Waals surface area contributed by atoms with Crippen molar-refractivity contribution in [2.75, 3.05) is 13.1 Å². The number of fused-ring (bicyclic) bond motifs is 1. The lowest BCUT2D eigenvalue weighted by Crippen LogP contribution is -2.52. The summed E-state index contributed by atoms with van der Waals surface area (Å²) in [7, 11) is 0. The quantitative estimate of drug-likeness (QED) is 0.546. The highest BCUT2D eigenvalue weighted by Crippen LogP contribution is 2.46. The summed E-state index contributed by atoms with van der Waals surface area (Å²) in [5, 5.41) is 0. The number of benzene rings is 2. The largest absolute Gasteiger partial charge is 0.573 e. The number of para-hydroxylation sites is 1. The van der Waals surface area contributed by atoms with E-state index in [1.807, 2.05) is 13.8 Å². The average Bonchev–Trinajstić information content (AvgIpc) is 2.73. The summed E-state index contributed by atoms with van der Waals surface area (Å²) in [6.07, 6.45) is -3.89. The Balaban J connectivity index is 1.51. The van der Waals surface area contributed by atoms with Gasteiger partial charge in [0.15, 0.2) is 0 Å². The first kappa shape index (κ1) is 23.4. The molecule has 33 heavy (non-hydrogen) atoms. The fraction of sp³-hybridized carbons (Fsp3) is 0.458. The highest BCUT2D eigenvalue weighted by Gasteiger charge is 2.45. The summed E-state index contributed by atoms with van der Waals surface area (Å²) in [5.41, 5.74) is -0.0911. The number of rotatable bonds is 4. The molecule has 0 aliphatic carbocycles. The summed E-state index contributed by atoms with van der Waals surface area (Å²) < 4.78 is 68.4. The van der Waals surface area contributed by atoms with Crippen LogP contribution >= 0.6 is 0 Å². The second-order valence-corrected chi connectivity index (χ2v) is 8.68. The number of amides is 1. The first-order valence-electron chi connectivity index (χ1n) is 10.8. The van der Waals surface area contributed by atoms with Gasteiger partial charge in [0.05, 0.1) is 17.8 Å². The monoisotopic (exact) mass is 467 g/mol. The number of halogens is 4. The van der Waals surface area contributed by atoms with Gasteiger partial charge >= 0.3 is 6.36 Å². The Morgan fingerprint density at radius 2 is 1.85 bits per heavy atom. The molecule has 0 aromatic heterocycles. The maximum atomic E-state index is 13.8. The Kier molecular flexibility index (Phi) is 6.26. The Morgan fingerprint density at radius 3 is 2.52 bits per heavy atom. The number of carbonyl (C=O) groups excluding carboxylic acids is 1. The molecule has 2 aromatic rings. The van der Waals surface area contributed by atoms with Crippen LogP contribution in [-0.2, 0) is 4.74 Å². The number of hydrogen-bond donors (Lipinski definition) is 0. The van der Waals surface area contributed by atoms with Crippen LogP contribution in [0.5, 0.6) is 11.5 Å². The zero-order chi connectivity index (χ0) is 23.8. The molecule has 2 aliphatic rings. The first-order valence-corrected chi connectivity index (χ1v) is 10.8. The number of hydrogen-bond acceptors (Lipinski definition) is 4. The van der Waals surface area contributed by atoms with Crippen molar-refractivity contribution in [3.05, 3.63) is 59.4 Å². The van der Waals surface area contributed by atoms with Gasteiger partial charge in [0.2, 0.25) is 0 Å². The molecule has 9 heteroatoms. The fourth-order valence-electron chi connectivity index (χ4n) is 4.49. The van der Waals surface area contributed by atoms with Crippen molar-refractivity contribution in [1.29, 1.82) is 0 Å². The Morgan fingerprint density at radius 1 is 1.15 bits per heavy atom. The SMILES string of the molecule is CC(C)O[C@@H]1CC2(CCN(C(=O)c3ccccc3OC(F)(F)F)CC2)Oc2ccc(F)cc21. The van der Waals surface area contributed by atoms with Crippen molar-refractivity contribution in [2.45, 2.75) is 57.3 Å². The van der Waals surface area contributed by atoms with Gasteiger partial charge in [-0.25, -0.2) is 4.39 Å². The van der Waals surface area contributed by atoms with Gasteiger partial charge in [0, 0.05) is 37.9 Å². The zero-order valence-corrected chi connectivity index (χ0v) is 18.3. The highest BCUT2D eigenvalue weighted by atomic mass is 19.4. The molecular formula is C24H25F4NO4. The van der Waals surface area contributed by atoms with Crippen LogP contribution in [0.25, 0.3) is 0 Å². The minimum Gasteiger partial charge on any atom is -0.487 e.